The van der Waals surface area contributed by atoms with E-state index in [9.17, 15) is 9.59 Å². The largest absolute Gasteiger partial charge is 0.508 e. The predicted octanol–water partition coefficient (Wildman–Crippen LogP) is 7.86. The van der Waals surface area contributed by atoms with E-state index >= 15 is 0 Å². The fraction of sp³-hybridized carbons (Fsp3) is 0.0952. The van der Waals surface area contributed by atoms with Gasteiger partial charge in [0.2, 0.25) is 0 Å². The van der Waals surface area contributed by atoms with Crippen LogP contribution in [0, 0.1) is 0 Å². The number of carbonyl (C=O) groups excluding carboxylic acids is 2. The minimum absolute atomic E-state index is 0.0347. The van der Waals surface area contributed by atoms with Crippen LogP contribution in [0.4, 0.5) is 0 Å². The average Bonchev–Trinajstić information content (AvgIpc) is 3.18. The Hall–Kier alpha value is -6.22. The van der Waals surface area contributed by atoms with Crippen LogP contribution in [0.25, 0.3) is 0 Å². The lowest BCUT2D eigenvalue weighted by atomic mass is 10.2. The van der Waals surface area contributed by atoms with Gasteiger partial charge in [0.25, 0.3) is 0 Å². The molecule has 0 saturated carbocycles. The first-order valence-electron chi connectivity index (χ1n) is 15.8. The van der Waals surface area contributed by atoms with Gasteiger partial charge >= 0.3 is 0 Å². The zero-order valence-electron chi connectivity index (χ0n) is 27.7. The van der Waals surface area contributed by atoms with Crippen LogP contribution in [-0.4, -0.2) is 22.8 Å². The molecule has 8 nitrogen and oxygen atoms in total. The van der Waals surface area contributed by atoms with Gasteiger partial charge in [0.15, 0.2) is 12.6 Å². The Balaban J connectivity index is 0.000000187. The maximum absolute atomic E-state index is 10.8. The van der Waals surface area contributed by atoms with Crippen molar-refractivity contribution in [3.05, 3.63) is 191 Å². The number of ether oxygens (including phenoxy) is 2. The number of rotatable bonds is 10. The average molecular weight is 671 g/mol. The number of phenolic OH excluding ortho intramolecular Hbond substituents is 2. The van der Waals surface area contributed by atoms with Crippen molar-refractivity contribution in [2.75, 3.05) is 0 Å². The second kappa shape index (κ2) is 22.4. The summed E-state index contributed by atoms with van der Waals surface area (Å²) in [6, 6.07) is 48.5. The highest BCUT2D eigenvalue weighted by molar-refractivity contribution is 5.79. The van der Waals surface area contributed by atoms with Crippen molar-refractivity contribution in [1.82, 2.24) is 0 Å². The van der Waals surface area contributed by atoms with Gasteiger partial charge in [-0.15, -0.1) is 0 Å². The SMILES string of the molecule is NCc1ccccc1O.NCc1ccccc1OCc1ccccc1.O=Cc1ccccc1O.O=Cc1ccccc1OCc1ccccc1. The van der Waals surface area contributed by atoms with Gasteiger partial charge in [-0.1, -0.05) is 121 Å². The van der Waals surface area contributed by atoms with Crippen molar-refractivity contribution in [2.45, 2.75) is 26.3 Å². The molecule has 8 heteroatoms. The van der Waals surface area contributed by atoms with Gasteiger partial charge in [0.05, 0.1) is 11.1 Å². The molecule has 0 amide bonds. The molecule has 0 unspecified atom stereocenters. The van der Waals surface area contributed by atoms with Crippen LogP contribution in [0.3, 0.4) is 0 Å². The topological polar surface area (TPSA) is 145 Å². The summed E-state index contributed by atoms with van der Waals surface area (Å²) in [5.41, 5.74) is 15.9. The van der Waals surface area contributed by atoms with Crippen LogP contribution < -0.4 is 20.9 Å². The molecule has 0 aliphatic carbocycles. The molecule has 0 heterocycles. The van der Waals surface area contributed by atoms with Gasteiger partial charge in [-0.25, -0.2) is 0 Å². The molecule has 0 spiro atoms. The third-order valence-electron chi connectivity index (χ3n) is 6.99. The van der Waals surface area contributed by atoms with Crippen LogP contribution in [0.1, 0.15) is 43.0 Å². The number of phenols is 2. The third kappa shape index (κ3) is 13.5. The second-order valence-corrected chi connectivity index (χ2v) is 10.5. The number of hydrogen-bond donors (Lipinski definition) is 4. The molecule has 0 atom stereocenters. The van der Waals surface area contributed by atoms with Gasteiger partial charge < -0.3 is 31.2 Å². The van der Waals surface area contributed by atoms with E-state index < -0.39 is 0 Å². The Morgan fingerprint density at radius 3 is 1.30 bits per heavy atom. The molecule has 256 valence electrons. The molecular weight excluding hydrogens is 628 g/mol. The van der Waals surface area contributed by atoms with Crippen molar-refractivity contribution in [1.29, 1.82) is 0 Å². The van der Waals surface area contributed by atoms with Crippen LogP contribution >= 0.6 is 0 Å². The fourth-order valence-corrected chi connectivity index (χ4v) is 4.26. The number of aldehydes is 2. The highest BCUT2D eigenvalue weighted by Crippen LogP contribution is 2.19. The molecule has 0 aliphatic heterocycles. The Labute approximate surface area is 293 Å². The molecule has 0 radical (unpaired) electrons. The number of aromatic hydroxyl groups is 2. The normalized spacial score (nSPS) is 9.64. The maximum Gasteiger partial charge on any atom is 0.153 e. The standard InChI is InChI=1S/C14H15NO.C14H12O2.C7H9NO.C7H6O2/c2*15-10-13-8-4-5-9-14(13)16-11-12-6-2-1-3-7-12;2*8-5-6-3-1-2-4-7(6)9/h1-9H,10-11,15H2;1-10H,11H2;1-4,9H,5,8H2;1-5,9H. The first-order valence-corrected chi connectivity index (χ1v) is 15.8. The first-order chi connectivity index (χ1) is 24.5. The Kier molecular flexibility index (Phi) is 17.1. The summed E-state index contributed by atoms with van der Waals surface area (Å²) >= 11 is 0. The Morgan fingerprint density at radius 2 is 0.840 bits per heavy atom. The molecule has 50 heavy (non-hydrogen) atoms. The molecule has 6 aromatic rings. The highest BCUT2D eigenvalue weighted by atomic mass is 16.5. The molecule has 6 N–H and O–H groups in total. The van der Waals surface area contributed by atoms with Crippen LogP contribution in [-0.2, 0) is 26.3 Å². The summed E-state index contributed by atoms with van der Waals surface area (Å²) in [7, 11) is 0. The van der Waals surface area contributed by atoms with Gasteiger partial charge in [0.1, 0.15) is 36.2 Å². The van der Waals surface area contributed by atoms with Gasteiger partial charge in [-0.05, 0) is 47.5 Å². The van der Waals surface area contributed by atoms with Crippen molar-refractivity contribution < 1.29 is 29.3 Å². The monoisotopic (exact) mass is 670 g/mol. The van der Waals surface area contributed by atoms with E-state index in [4.69, 9.17) is 31.2 Å². The lowest BCUT2D eigenvalue weighted by molar-refractivity contribution is 0.111. The molecule has 6 aromatic carbocycles. The smallest absolute Gasteiger partial charge is 0.153 e. The van der Waals surface area contributed by atoms with E-state index in [-0.39, 0.29) is 11.5 Å². The summed E-state index contributed by atoms with van der Waals surface area (Å²) in [6.45, 7) is 1.96. The minimum Gasteiger partial charge on any atom is -0.508 e. The zero-order valence-corrected chi connectivity index (χ0v) is 27.7. The second-order valence-electron chi connectivity index (χ2n) is 10.5. The zero-order chi connectivity index (χ0) is 35.8. The Morgan fingerprint density at radius 1 is 0.440 bits per heavy atom. The molecular formula is C42H42N2O6. The lowest BCUT2D eigenvalue weighted by Gasteiger charge is -2.09. The fourth-order valence-electron chi connectivity index (χ4n) is 4.26. The minimum atomic E-state index is 0.0347. The van der Waals surface area contributed by atoms with Crippen molar-refractivity contribution >= 4 is 12.6 Å². The summed E-state index contributed by atoms with van der Waals surface area (Å²) in [5.74, 6) is 1.81. The van der Waals surface area contributed by atoms with Crippen LogP contribution in [0.15, 0.2) is 158 Å². The van der Waals surface area contributed by atoms with E-state index in [2.05, 4.69) is 0 Å². The molecule has 0 aromatic heterocycles. The number of benzene rings is 6. The highest BCUT2D eigenvalue weighted by Gasteiger charge is 2.02. The predicted molar refractivity (Wildman–Crippen MR) is 197 cm³/mol. The van der Waals surface area contributed by atoms with Gasteiger partial charge in [0, 0.05) is 24.2 Å². The van der Waals surface area contributed by atoms with E-state index in [1.54, 1.807) is 48.5 Å². The molecule has 0 aliphatic rings. The van der Waals surface area contributed by atoms with E-state index in [1.165, 1.54) is 6.07 Å². The van der Waals surface area contributed by atoms with Crippen molar-refractivity contribution in [2.24, 2.45) is 11.5 Å². The van der Waals surface area contributed by atoms with Crippen molar-refractivity contribution in [3.63, 3.8) is 0 Å². The number of carbonyl (C=O) groups is 2. The maximum atomic E-state index is 10.8. The summed E-state index contributed by atoms with van der Waals surface area (Å²) < 4.78 is 11.3. The van der Waals surface area contributed by atoms with E-state index in [1.807, 2.05) is 103 Å². The van der Waals surface area contributed by atoms with Crippen LogP contribution in [0.5, 0.6) is 23.0 Å². The third-order valence-corrected chi connectivity index (χ3v) is 6.99. The van der Waals surface area contributed by atoms with E-state index in [0.717, 1.165) is 34.3 Å². The summed E-state index contributed by atoms with van der Waals surface area (Å²) in [6.07, 6.45) is 1.43. The molecule has 0 saturated heterocycles. The lowest BCUT2D eigenvalue weighted by Crippen LogP contribution is -2.02. The number of nitrogens with two attached hydrogens (primary N) is 2. The number of para-hydroxylation sites is 4. The Bertz CT molecular complexity index is 1850. The number of hydrogen-bond acceptors (Lipinski definition) is 8. The van der Waals surface area contributed by atoms with Crippen LogP contribution in [0.2, 0.25) is 0 Å². The summed E-state index contributed by atoms with van der Waals surface area (Å²) in [5, 5.41) is 17.9. The quantitative estimate of drug-likeness (QED) is 0.108. The van der Waals surface area contributed by atoms with Crippen molar-refractivity contribution in [3.8, 4) is 23.0 Å². The summed E-state index contributed by atoms with van der Waals surface area (Å²) in [4.78, 5) is 20.8. The molecule has 0 fully saturated rings. The van der Waals surface area contributed by atoms with Gasteiger partial charge in [-0.3, -0.25) is 9.59 Å². The first kappa shape index (κ1) is 38.2. The molecule has 6 rings (SSSR count). The van der Waals surface area contributed by atoms with Gasteiger partial charge in [-0.2, -0.15) is 0 Å². The van der Waals surface area contributed by atoms with E-state index in [0.29, 0.717) is 49.5 Å². The molecule has 0 bridgehead atoms.